The summed E-state index contributed by atoms with van der Waals surface area (Å²) in [4.78, 5) is 6.86. The molecule has 2 bridgehead atoms. The molecule has 3 N–H and O–H groups in total. The Morgan fingerprint density at radius 1 is 1.34 bits per heavy atom. The molecule has 0 amide bonds. The number of benzene rings is 1. The summed E-state index contributed by atoms with van der Waals surface area (Å²) >= 11 is 0. The first kappa shape index (κ1) is 21.7. The maximum Gasteiger partial charge on any atom is 0.394 e. The number of pyridine rings is 1. The van der Waals surface area contributed by atoms with Crippen molar-refractivity contribution in [2.75, 3.05) is 20.2 Å². The van der Waals surface area contributed by atoms with Gasteiger partial charge >= 0.3 is 10.4 Å². The van der Waals surface area contributed by atoms with Gasteiger partial charge in [0.2, 0.25) is 0 Å². The molecule has 1 aromatic heterocycles. The van der Waals surface area contributed by atoms with Crippen molar-refractivity contribution in [3.8, 4) is 5.75 Å². The number of fused-ring (bicyclic) bond motifs is 4. The maximum absolute atomic E-state index is 11.2. The quantitative estimate of drug-likeness (QED) is 0.508. The molecule has 2 unspecified atom stereocenters. The lowest BCUT2D eigenvalue weighted by atomic mass is 9.73. The van der Waals surface area contributed by atoms with E-state index in [2.05, 4.69) is 22.5 Å². The van der Waals surface area contributed by atoms with E-state index in [1.165, 1.54) is 6.42 Å². The smallest absolute Gasteiger partial charge is 0.394 e. The van der Waals surface area contributed by atoms with E-state index in [-0.39, 0.29) is 6.04 Å². The number of aromatic nitrogens is 1. The van der Waals surface area contributed by atoms with Crippen LogP contribution >= 0.6 is 0 Å². The summed E-state index contributed by atoms with van der Waals surface area (Å²) in [6.07, 6.45) is 5.62. The molecule has 29 heavy (non-hydrogen) atoms. The van der Waals surface area contributed by atoms with Crippen molar-refractivity contribution < 1.29 is 27.4 Å². The number of piperidine rings is 3. The molecular formula is C20H26N2O6S. The zero-order chi connectivity index (χ0) is 21.2. The van der Waals surface area contributed by atoms with Crippen molar-refractivity contribution in [1.82, 2.24) is 9.88 Å². The van der Waals surface area contributed by atoms with E-state index in [0.717, 1.165) is 41.7 Å². The first-order valence-corrected chi connectivity index (χ1v) is 10.8. The lowest BCUT2D eigenvalue weighted by molar-refractivity contribution is -0.0444. The Balaban J connectivity index is 0.000000431. The number of aliphatic hydroxyl groups excluding tert-OH is 1. The van der Waals surface area contributed by atoms with Crippen molar-refractivity contribution in [2.24, 2.45) is 11.8 Å². The predicted octanol–water partition coefficient (Wildman–Crippen LogP) is 2.52. The molecule has 3 saturated heterocycles. The Hall–Kier alpha value is -2.04. The van der Waals surface area contributed by atoms with Crippen LogP contribution in [0.2, 0.25) is 0 Å². The third-order valence-corrected chi connectivity index (χ3v) is 5.82. The van der Waals surface area contributed by atoms with Crippen LogP contribution in [0, 0.1) is 11.8 Å². The number of hydrogen-bond donors (Lipinski definition) is 3. The highest BCUT2D eigenvalue weighted by atomic mass is 32.3. The molecule has 9 heteroatoms. The van der Waals surface area contributed by atoms with Crippen LogP contribution in [0.4, 0.5) is 0 Å². The molecule has 158 valence electrons. The molecule has 5 rings (SSSR count). The van der Waals surface area contributed by atoms with Crippen molar-refractivity contribution in [1.29, 1.82) is 0 Å². The van der Waals surface area contributed by atoms with Gasteiger partial charge in [0.25, 0.3) is 0 Å². The van der Waals surface area contributed by atoms with E-state index >= 15 is 0 Å². The molecule has 1 aromatic carbocycles. The summed E-state index contributed by atoms with van der Waals surface area (Å²) in [5.74, 6) is 2.01. The van der Waals surface area contributed by atoms with Gasteiger partial charge in [-0.2, -0.15) is 8.42 Å². The van der Waals surface area contributed by atoms with Gasteiger partial charge < -0.3 is 9.84 Å². The highest BCUT2D eigenvalue weighted by molar-refractivity contribution is 7.79. The molecule has 0 radical (unpaired) electrons. The van der Waals surface area contributed by atoms with Gasteiger partial charge in [-0.15, -0.1) is 6.58 Å². The number of ether oxygens (including phenoxy) is 1. The molecule has 0 saturated carbocycles. The molecule has 0 aliphatic carbocycles. The number of nitrogens with zero attached hydrogens (tertiary/aromatic N) is 2. The maximum atomic E-state index is 11.2. The van der Waals surface area contributed by atoms with Gasteiger partial charge in [-0.1, -0.05) is 6.08 Å². The highest BCUT2D eigenvalue weighted by Crippen LogP contribution is 2.42. The van der Waals surface area contributed by atoms with Crippen LogP contribution in [-0.4, -0.2) is 58.8 Å². The Kier molecular flexibility index (Phi) is 6.55. The Bertz CT molecular complexity index is 972. The minimum atomic E-state index is -4.67. The number of rotatable bonds is 4. The average molecular weight is 423 g/mol. The van der Waals surface area contributed by atoms with Crippen LogP contribution in [0.15, 0.2) is 43.1 Å². The molecule has 2 aromatic rings. The van der Waals surface area contributed by atoms with Gasteiger partial charge in [0, 0.05) is 24.2 Å². The van der Waals surface area contributed by atoms with E-state index < -0.39 is 16.5 Å². The van der Waals surface area contributed by atoms with Crippen molar-refractivity contribution >= 4 is 21.3 Å². The van der Waals surface area contributed by atoms with Gasteiger partial charge in [-0.25, -0.2) is 0 Å². The Morgan fingerprint density at radius 2 is 2.07 bits per heavy atom. The third kappa shape index (κ3) is 5.12. The minimum absolute atomic E-state index is 0.178. The Morgan fingerprint density at radius 3 is 2.66 bits per heavy atom. The Labute approximate surface area is 170 Å². The molecular weight excluding hydrogens is 396 g/mol. The van der Waals surface area contributed by atoms with Crippen LogP contribution in [0.5, 0.6) is 5.75 Å². The summed E-state index contributed by atoms with van der Waals surface area (Å²) in [6, 6.07) is 7.96. The summed E-state index contributed by atoms with van der Waals surface area (Å²) in [7, 11) is -3.01. The van der Waals surface area contributed by atoms with Crippen LogP contribution in [0.25, 0.3) is 10.9 Å². The van der Waals surface area contributed by atoms with Crippen LogP contribution in [0.1, 0.15) is 24.5 Å². The van der Waals surface area contributed by atoms with E-state index in [1.807, 2.05) is 24.3 Å². The molecule has 3 aliphatic heterocycles. The molecule has 3 fully saturated rings. The normalized spacial score (nSPS) is 27.0. The SMILES string of the molecule is C=C[C@@H]1CN2CC[C@@H]1CC2[C@@H](O)c1ccnc2ccc(OC)cc12.O=S(=O)(O)O. The molecule has 4 heterocycles. The third-order valence-electron chi connectivity index (χ3n) is 5.82. The van der Waals surface area contributed by atoms with Crippen LogP contribution in [-0.2, 0) is 10.4 Å². The zero-order valence-electron chi connectivity index (χ0n) is 16.2. The lowest BCUT2D eigenvalue weighted by Crippen LogP contribution is -2.54. The standard InChI is InChI=1S/C20H24N2O2.H2O4S/c1-3-13-12-22-9-7-14(13)10-19(22)20(23)16-6-8-21-18-5-4-15(24-2)11-17(16)18;1-5(2,3)4/h3-6,8,11,13-14,19-20,23H,1,7,9-10,12H2,2H3;(H2,1,2,3,4)/t13-,14-,19?,20+;/m1./s1. The number of aliphatic hydroxyl groups is 1. The summed E-state index contributed by atoms with van der Waals surface area (Å²) in [5, 5.41) is 12.1. The molecule has 5 atom stereocenters. The van der Waals surface area contributed by atoms with Crippen molar-refractivity contribution in [3.63, 3.8) is 0 Å². The number of hydrogen-bond acceptors (Lipinski definition) is 6. The second-order valence-corrected chi connectivity index (χ2v) is 8.32. The van der Waals surface area contributed by atoms with Gasteiger partial charge in [-0.3, -0.25) is 19.0 Å². The van der Waals surface area contributed by atoms with Gasteiger partial charge in [0.15, 0.2) is 0 Å². The zero-order valence-corrected chi connectivity index (χ0v) is 17.0. The van der Waals surface area contributed by atoms with Crippen LogP contribution in [0.3, 0.4) is 0 Å². The van der Waals surface area contributed by atoms with Crippen LogP contribution < -0.4 is 4.74 Å². The second kappa shape index (κ2) is 8.76. The van der Waals surface area contributed by atoms with Crippen molar-refractivity contribution in [3.05, 3.63) is 48.7 Å². The molecule has 8 nitrogen and oxygen atoms in total. The summed E-state index contributed by atoms with van der Waals surface area (Å²) in [6.45, 7) is 6.07. The van der Waals surface area contributed by atoms with E-state index in [4.69, 9.17) is 22.3 Å². The first-order valence-electron chi connectivity index (χ1n) is 9.38. The largest absolute Gasteiger partial charge is 0.497 e. The van der Waals surface area contributed by atoms with Gasteiger partial charge in [-0.05, 0) is 61.1 Å². The van der Waals surface area contributed by atoms with Gasteiger partial charge in [0.1, 0.15) is 5.75 Å². The lowest BCUT2D eigenvalue weighted by Gasteiger charge is -2.50. The fraction of sp³-hybridized carbons (Fsp3) is 0.450. The fourth-order valence-electron chi connectivity index (χ4n) is 4.44. The second-order valence-electron chi connectivity index (χ2n) is 7.42. The van der Waals surface area contributed by atoms with E-state index in [9.17, 15) is 5.11 Å². The topological polar surface area (TPSA) is 120 Å². The number of methoxy groups -OCH3 is 1. The minimum Gasteiger partial charge on any atom is -0.497 e. The van der Waals surface area contributed by atoms with E-state index in [1.54, 1.807) is 13.3 Å². The van der Waals surface area contributed by atoms with Crippen molar-refractivity contribution in [2.45, 2.75) is 25.0 Å². The predicted molar refractivity (Wildman–Crippen MR) is 109 cm³/mol. The first-order chi connectivity index (χ1) is 13.7. The van der Waals surface area contributed by atoms with E-state index in [0.29, 0.717) is 11.8 Å². The molecule has 0 spiro atoms. The molecule has 3 aliphatic rings. The average Bonchev–Trinajstić information content (AvgIpc) is 2.71. The summed E-state index contributed by atoms with van der Waals surface area (Å²) in [5.41, 5.74) is 1.85. The highest BCUT2D eigenvalue weighted by Gasteiger charge is 2.42. The summed E-state index contributed by atoms with van der Waals surface area (Å²) < 4.78 is 36.9. The van der Waals surface area contributed by atoms with Gasteiger partial charge in [0.05, 0.1) is 18.7 Å². The monoisotopic (exact) mass is 422 g/mol. The fourth-order valence-corrected chi connectivity index (χ4v) is 4.44.